The summed E-state index contributed by atoms with van der Waals surface area (Å²) in [6, 6.07) is 141. The van der Waals surface area contributed by atoms with E-state index >= 15 is 0 Å². The number of hydrogen-bond acceptors (Lipinski definition) is 8. The van der Waals surface area contributed by atoms with Gasteiger partial charge in [0.2, 0.25) is 0 Å². The highest BCUT2D eigenvalue weighted by Crippen LogP contribution is 2.59. The van der Waals surface area contributed by atoms with E-state index in [1.165, 1.54) is 125 Å². The molecule has 0 amide bonds. The molecule has 0 saturated carbocycles. The molecule has 29 rings (SSSR count). The number of aromatic nitrogens is 9. The van der Waals surface area contributed by atoms with Crippen LogP contribution in [0.2, 0.25) is 0 Å². The first-order valence-electron chi connectivity index (χ1n) is 47.3. The number of nitrogens with zero attached hydrogens (tertiary/aromatic N) is 9. The summed E-state index contributed by atoms with van der Waals surface area (Å²) >= 11 is 1.89. The lowest BCUT2D eigenvalue weighted by molar-refractivity contribution is 0.635. The van der Waals surface area contributed by atoms with Crippen molar-refractivity contribution in [1.82, 2.24) is 43.6 Å². The van der Waals surface area contributed by atoms with Gasteiger partial charge in [0, 0.05) is 135 Å². The minimum Gasteiger partial charge on any atom is -0.455 e. The second-order valence-electron chi connectivity index (χ2n) is 39.0. The summed E-state index contributed by atoms with van der Waals surface area (Å²) in [5.74, 6) is 3.22. The van der Waals surface area contributed by atoms with Gasteiger partial charge in [0.05, 0.1) is 67.0 Å². The van der Waals surface area contributed by atoms with Crippen LogP contribution < -0.4 is 0 Å². The van der Waals surface area contributed by atoms with Crippen molar-refractivity contribution in [2.45, 2.75) is 77.0 Å². The fourth-order valence-corrected chi connectivity index (χ4v) is 24.7. The standard InChI is InChI=1S/C43H29N3O.C43H29N3S.C40H31N3/c2*1-43(2)33-17-9-6-15-31(33)38-39(44-42(45-41(38)43)27-12-4-3-5-13-27)26-20-22-28(23-21-26)46-34-18-10-7-16-32(34)37-35(46)25-24-30-29-14-8-11-19-36(29)47-40(30)37;1-39(2)29-19-11-8-16-25(29)26-22-23-32-33(35(26)39)28-18-10-13-21-31(28)43(32)38-34-27-17-9-12-20-30(27)40(3,4)36(34)41-37(42-38)24-14-6-5-7-15-24/h2*3-25H,1-2H3;5-23H,1-4H3. The molecule has 0 saturated heterocycles. The van der Waals surface area contributed by atoms with Crippen LogP contribution in [0.3, 0.4) is 0 Å². The topological polar surface area (TPSA) is 105 Å². The van der Waals surface area contributed by atoms with Gasteiger partial charge in [0.1, 0.15) is 17.0 Å². The Morgan fingerprint density at radius 2 is 0.613 bits per heavy atom. The molecular weight excluding hydrogens is 1690 g/mol. The Morgan fingerprint density at radius 3 is 1.13 bits per heavy atom. The van der Waals surface area contributed by atoms with E-state index in [9.17, 15) is 0 Å². The summed E-state index contributed by atoms with van der Waals surface area (Å²) in [4.78, 5) is 31.7. The Hall–Kier alpha value is -16.6. The minimum absolute atomic E-state index is 0.127. The molecule has 17 aromatic carbocycles. The van der Waals surface area contributed by atoms with E-state index in [-0.39, 0.29) is 21.7 Å². The van der Waals surface area contributed by atoms with Crippen LogP contribution in [0.15, 0.2) is 399 Å². The van der Waals surface area contributed by atoms with Crippen molar-refractivity contribution in [3.63, 3.8) is 0 Å². The van der Waals surface area contributed by atoms with E-state index in [2.05, 4.69) is 421 Å². The molecule has 4 aliphatic rings. The van der Waals surface area contributed by atoms with Gasteiger partial charge in [0.25, 0.3) is 0 Å². The number of furan rings is 1. The van der Waals surface area contributed by atoms with Crippen LogP contribution >= 0.6 is 11.3 Å². The lowest BCUT2D eigenvalue weighted by Crippen LogP contribution is -2.18. The normalized spacial score (nSPS) is 14.1. The van der Waals surface area contributed by atoms with Crippen LogP contribution in [-0.4, -0.2) is 43.6 Å². The smallest absolute Gasteiger partial charge is 0.161 e. The van der Waals surface area contributed by atoms with Crippen LogP contribution in [0.5, 0.6) is 0 Å². The molecule has 10 nitrogen and oxygen atoms in total. The van der Waals surface area contributed by atoms with Gasteiger partial charge in [0.15, 0.2) is 17.5 Å². The van der Waals surface area contributed by atoms with E-state index in [0.29, 0.717) is 0 Å². The zero-order chi connectivity index (χ0) is 91.6. The Balaban J connectivity index is 0.000000104. The molecule has 11 heteroatoms. The van der Waals surface area contributed by atoms with Gasteiger partial charge in [-0.25, -0.2) is 29.9 Å². The predicted octanol–water partition coefficient (Wildman–Crippen LogP) is 32.5. The lowest BCUT2D eigenvalue weighted by atomic mass is 9.80. The van der Waals surface area contributed by atoms with E-state index in [4.69, 9.17) is 34.3 Å². The zero-order valence-electron chi connectivity index (χ0n) is 76.9. The van der Waals surface area contributed by atoms with Crippen LogP contribution in [0.1, 0.15) is 100 Å². The fraction of sp³-hybridized carbons (Fsp3) is 0.0952. The Bertz CT molecular complexity index is 9020. The van der Waals surface area contributed by atoms with E-state index < -0.39 is 0 Å². The summed E-state index contributed by atoms with van der Waals surface area (Å²) in [7, 11) is 0. The van der Waals surface area contributed by atoms with Gasteiger partial charge >= 0.3 is 0 Å². The maximum absolute atomic E-state index is 6.51. The fourth-order valence-electron chi connectivity index (χ4n) is 23.5. The van der Waals surface area contributed by atoms with Gasteiger partial charge in [-0.2, -0.15) is 0 Å². The monoisotopic (exact) mass is 1780 g/mol. The molecule has 0 bridgehead atoms. The summed E-state index contributed by atoms with van der Waals surface area (Å²) in [6.45, 7) is 18.4. The van der Waals surface area contributed by atoms with Crippen LogP contribution in [-0.2, 0) is 21.7 Å². The Labute approximate surface area is 795 Å². The number of thiophene rings is 1. The summed E-state index contributed by atoms with van der Waals surface area (Å²) in [6.07, 6.45) is 0. The van der Waals surface area contributed by atoms with E-state index in [1.54, 1.807) is 0 Å². The third kappa shape index (κ3) is 11.8. The maximum atomic E-state index is 6.51. The number of para-hydroxylation sites is 4. The molecule has 8 aromatic heterocycles. The second kappa shape index (κ2) is 30.0. The quantitative estimate of drug-likeness (QED) is 0.149. The molecule has 4 aliphatic carbocycles. The molecule has 0 aliphatic heterocycles. The molecule has 650 valence electrons. The van der Waals surface area contributed by atoms with Crippen molar-refractivity contribution in [3.8, 4) is 118 Å². The third-order valence-electron chi connectivity index (χ3n) is 29.9. The van der Waals surface area contributed by atoms with Crippen molar-refractivity contribution in [2.24, 2.45) is 0 Å². The number of hydrogen-bond donors (Lipinski definition) is 0. The van der Waals surface area contributed by atoms with Crippen molar-refractivity contribution in [3.05, 3.63) is 439 Å². The van der Waals surface area contributed by atoms with Crippen LogP contribution in [0.4, 0.5) is 0 Å². The molecule has 0 fully saturated rings. The van der Waals surface area contributed by atoms with Gasteiger partial charge in [-0.05, 0) is 134 Å². The largest absolute Gasteiger partial charge is 0.455 e. The maximum Gasteiger partial charge on any atom is 0.161 e. The molecule has 25 aromatic rings. The lowest BCUT2D eigenvalue weighted by Gasteiger charge is -2.23. The number of fused-ring (bicyclic) bond motifs is 30. The molecule has 0 radical (unpaired) electrons. The van der Waals surface area contributed by atoms with Crippen molar-refractivity contribution >= 4 is 119 Å². The zero-order valence-corrected chi connectivity index (χ0v) is 77.7. The summed E-state index contributed by atoms with van der Waals surface area (Å²) in [5, 5.41) is 12.4. The molecular formula is C126H89N9OS. The molecule has 0 atom stereocenters. The van der Waals surface area contributed by atoms with Gasteiger partial charge < -0.3 is 13.6 Å². The third-order valence-corrected chi connectivity index (χ3v) is 31.1. The Kier molecular flexibility index (Phi) is 17.5. The van der Waals surface area contributed by atoms with Gasteiger partial charge in [-0.15, -0.1) is 11.3 Å². The van der Waals surface area contributed by atoms with Gasteiger partial charge in [-0.3, -0.25) is 4.57 Å². The van der Waals surface area contributed by atoms with Crippen LogP contribution in [0.25, 0.3) is 226 Å². The summed E-state index contributed by atoms with van der Waals surface area (Å²) in [5.41, 5.74) is 37.1. The van der Waals surface area contributed by atoms with E-state index in [0.717, 1.165) is 146 Å². The molecule has 8 heterocycles. The van der Waals surface area contributed by atoms with Crippen LogP contribution in [0, 0.1) is 0 Å². The van der Waals surface area contributed by atoms with Crippen molar-refractivity contribution in [1.29, 1.82) is 0 Å². The minimum atomic E-state index is -0.253. The number of benzene rings is 17. The molecule has 137 heavy (non-hydrogen) atoms. The molecule has 0 spiro atoms. The summed E-state index contributed by atoms with van der Waals surface area (Å²) < 4.78 is 16.4. The predicted molar refractivity (Wildman–Crippen MR) is 567 cm³/mol. The van der Waals surface area contributed by atoms with Crippen molar-refractivity contribution in [2.75, 3.05) is 0 Å². The Morgan fingerprint density at radius 1 is 0.241 bits per heavy atom. The second-order valence-corrected chi connectivity index (χ2v) is 40.1. The SMILES string of the molecule is CC1(C)c2ccccc2-c2c(-c3ccc(-n4c5ccccc5c5c6oc7ccccc7c6ccc54)cc3)nc(-c3ccccc3)nc21.CC1(C)c2ccccc2-c2c(-c3ccc(-n4c5ccccc5c5c6sc7ccccc7c6ccc54)cc3)nc(-c3ccccc3)nc21.CC1(C)c2ccccc2-c2c(-n3c4ccccc4c4c5c(ccc43)-c3ccccc3C5(C)C)nc(-c3ccccc3)nc21. The molecule has 0 N–H and O–H groups in total. The van der Waals surface area contributed by atoms with Crippen molar-refractivity contribution < 1.29 is 4.42 Å². The first-order valence-corrected chi connectivity index (χ1v) is 48.1. The average molecular weight is 1780 g/mol. The molecule has 0 unspecified atom stereocenters. The van der Waals surface area contributed by atoms with E-state index in [1.807, 2.05) is 53.8 Å². The number of rotatable bonds is 8. The average Bonchev–Trinajstić information content (AvgIpc) is 1.49. The highest BCUT2D eigenvalue weighted by Gasteiger charge is 2.45. The highest BCUT2D eigenvalue weighted by molar-refractivity contribution is 7.26. The van der Waals surface area contributed by atoms with Gasteiger partial charge in [-0.1, -0.05) is 371 Å². The highest BCUT2D eigenvalue weighted by atomic mass is 32.1. The first-order chi connectivity index (χ1) is 67.0. The first kappa shape index (κ1) is 80.1.